The molecule has 0 spiro atoms. The number of carbonyl (C=O) groups is 2. The van der Waals surface area contributed by atoms with Gasteiger partial charge in [-0.3, -0.25) is 4.79 Å². The molecule has 3 aromatic rings. The number of benzene rings is 2. The molecule has 3 rings (SSSR count). The molecule has 0 aliphatic carbocycles. The quantitative estimate of drug-likeness (QED) is 0.658. The highest BCUT2D eigenvalue weighted by atomic mass is 32.1. The first kappa shape index (κ1) is 19.7. The molecule has 10 heteroatoms. The second-order valence-corrected chi connectivity index (χ2v) is 6.80. The fraction of sp³-hybridized carbons (Fsp3) is 0.167. The number of aliphatic carboxylic acids is 1. The molecule has 146 valence electrons. The number of nitrogens with zero attached hydrogens (tertiary/aromatic N) is 2. The SMILES string of the molecule is CCC(C(=O)O)n1c(=NC(=O)c2ccc(F)cc2F)sc2cc(F)c(F)cc21. The standard InChI is InChI=1S/C18H12F4N2O3S/c1-2-13(17(26)27)24-14-6-11(21)12(22)7-15(14)28-18(24)23-16(25)9-4-3-8(19)5-10(9)20/h3-7,13H,2H2,1H3,(H,26,27). The largest absolute Gasteiger partial charge is 0.480 e. The van der Waals surface area contributed by atoms with Crippen molar-refractivity contribution in [3.05, 3.63) is 64.0 Å². The predicted octanol–water partition coefficient (Wildman–Crippen LogP) is 4.04. The minimum atomic E-state index is -1.27. The molecule has 1 atom stereocenters. The number of hydrogen-bond acceptors (Lipinski definition) is 3. The monoisotopic (exact) mass is 412 g/mol. The van der Waals surface area contributed by atoms with E-state index in [2.05, 4.69) is 4.99 Å². The summed E-state index contributed by atoms with van der Waals surface area (Å²) < 4.78 is 55.4. The Bertz CT molecular complexity index is 1170. The Morgan fingerprint density at radius 2 is 1.79 bits per heavy atom. The number of amides is 1. The highest BCUT2D eigenvalue weighted by Crippen LogP contribution is 2.25. The van der Waals surface area contributed by atoms with Crippen LogP contribution in [0.1, 0.15) is 29.7 Å². The Labute approximate surface area is 159 Å². The first-order chi connectivity index (χ1) is 13.2. The Hall–Kier alpha value is -3.01. The van der Waals surface area contributed by atoms with Gasteiger partial charge in [0.15, 0.2) is 16.4 Å². The van der Waals surface area contributed by atoms with Crippen LogP contribution in [0.4, 0.5) is 17.6 Å². The van der Waals surface area contributed by atoms with Gasteiger partial charge < -0.3 is 9.67 Å². The molecule has 1 heterocycles. The van der Waals surface area contributed by atoms with Crippen LogP contribution in [0.15, 0.2) is 35.3 Å². The molecule has 0 aliphatic heterocycles. The summed E-state index contributed by atoms with van der Waals surface area (Å²) in [7, 11) is 0. The molecule has 5 nitrogen and oxygen atoms in total. The highest BCUT2D eigenvalue weighted by Gasteiger charge is 2.23. The molecule has 0 radical (unpaired) electrons. The molecule has 1 N–H and O–H groups in total. The summed E-state index contributed by atoms with van der Waals surface area (Å²) in [4.78, 5) is 27.5. The lowest BCUT2D eigenvalue weighted by Gasteiger charge is -2.13. The van der Waals surface area contributed by atoms with Gasteiger partial charge in [0.1, 0.15) is 17.7 Å². The number of rotatable bonds is 4. The van der Waals surface area contributed by atoms with E-state index >= 15 is 0 Å². The van der Waals surface area contributed by atoms with Crippen molar-refractivity contribution in [3.8, 4) is 0 Å². The topological polar surface area (TPSA) is 71.7 Å². The molecular weight excluding hydrogens is 400 g/mol. The zero-order chi connectivity index (χ0) is 20.6. The van der Waals surface area contributed by atoms with E-state index in [4.69, 9.17) is 0 Å². The Morgan fingerprint density at radius 1 is 1.11 bits per heavy atom. The fourth-order valence-corrected chi connectivity index (χ4v) is 3.77. The fourth-order valence-electron chi connectivity index (χ4n) is 2.69. The van der Waals surface area contributed by atoms with E-state index in [1.54, 1.807) is 6.92 Å². The van der Waals surface area contributed by atoms with Crippen molar-refractivity contribution in [3.63, 3.8) is 0 Å². The second-order valence-electron chi connectivity index (χ2n) is 5.79. The van der Waals surface area contributed by atoms with E-state index in [1.165, 1.54) is 0 Å². The summed E-state index contributed by atoms with van der Waals surface area (Å²) in [5.41, 5.74) is -0.490. The van der Waals surface area contributed by atoms with Crippen LogP contribution < -0.4 is 4.80 Å². The number of fused-ring (bicyclic) bond motifs is 1. The maximum atomic E-state index is 13.8. The second kappa shape index (κ2) is 7.55. The van der Waals surface area contributed by atoms with Gasteiger partial charge in [-0.05, 0) is 24.6 Å². The van der Waals surface area contributed by atoms with Gasteiger partial charge in [-0.1, -0.05) is 18.3 Å². The van der Waals surface area contributed by atoms with Crippen LogP contribution in [0.2, 0.25) is 0 Å². The van der Waals surface area contributed by atoms with E-state index in [1.807, 2.05) is 0 Å². The first-order valence-corrected chi connectivity index (χ1v) is 8.81. The number of hydrogen-bond donors (Lipinski definition) is 1. The third kappa shape index (κ3) is 3.55. The summed E-state index contributed by atoms with van der Waals surface area (Å²) in [6.07, 6.45) is 0.0620. The Balaban J connectivity index is 2.28. The van der Waals surface area contributed by atoms with Crippen molar-refractivity contribution < 1.29 is 32.3 Å². The van der Waals surface area contributed by atoms with Crippen LogP contribution in [0.5, 0.6) is 0 Å². The minimum absolute atomic E-state index is 0.0317. The van der Waals surface area contributed by atoms with E-state index in [0.717, 1.165) is 40.2 Å². The van der Waals surface area contributed by atoms with E-state index in [0.29, 0.717) is 6.07 Å². The number of carboxylic acid groups (broad SMARTS) is 1. The van der Waals surface area contributed by atoms with Gasteiger partial charge in [0.25, 0.3) is 5.91 Å². The van der Waals surface area contributed by atoms with Crippen molar-refractivity contribution >= 4 is 33.4 Å². The Kier molecular flexibility index (Phi) is 5.32. The molecule has 0 fully saturated rings. The van der Waals surface area contributed by atoms with Crippen molar-refractivity contribution in [1.29, 1.82) is 0 Å². The van der Waals surface area contributed by atoms with Crippen molar-refractivity contribution in [2.24, 2.45) is 4.99 Å². The van der Waals surface area contributed by atoms with Gasteiger partial charge in [0.05, 0.1) is 15.8 Å². The van der Waals surface area contributed by atoms with Crippen LogP contribution in [-0.2, 0) is 4.79 Å². The Morgan fingerprint density at radius 3 is 2.39 bits per heavy atom. The van der Waals surface area contributed by atoms with Gasteiger partial charge >= 0.3 is 5.97 Å². The summed E-state index contributed by atoms with van der Waals surface area (Å²) in [5.74, 6) is -6.71. The molecule has 28 heavy (non-hydrogen) atoms. The summed E-state index contributed by atoms with van der Waals surface area (Å²) in [5, 5.41) is 9.47. The molecule has 0 bridgehead atoms. The smallest absolute Gasteiger partial charge is 0.326 e. The number of aromatic nitrogens is 1. The van der Waals surface area contributed by atoms with Crippen LogP contribution in [-0.4, -0.2) is 21.6 Å². The van der Waals surface area contributed by atoms with Gasteiger partial charge in [-0.15, -0.1) is 0 Å². The summed E-state index contributed by atoms with van der Waals surface area (Å²) in [6, 6.07) is 2.75. The number of halogens is 4. The average Bonchev–Trinajstić information content (AvgIpc) is 2.92. The van der Waals surface area contributed by atoms with Crippen molar-refractivity contribution in [2.45, 2.75) is 19.4 Å². The summed E-state index contributed by atoms with van der Waals surface area (Å²) >= 11 is 0.749. The van der Waals surface area contributed by atoms with Gasteiger partial charge in [-0.2, -0.15) is 4.99 Å². The lowest BCUT2D eigenvalue weighted by atomic mass is 10.2. The molecule has 0 saturated carbocycles. The van der Waals surface area contributed by atoms with Crippen LogP contribution in [0.3, 0.4) is 0 Å². The molecule has 0 aliphatic rings. The third-order valence-corrected chi connectivity index (χ3v) is 5.03. The third-order valence-electron chi connectivity index (χ3n) is 4.01. The van der Waals surface area contributed by atoms with Crippen molar-refractivity contribution in [2.75, 3.05) is 0 Å². The maximum absolute atomic E-state index is 13.8. The van der Waals surface area contributed by atoms with E-state index in [-0.39, 0.29) is 21.4 Å². The first-order valence-electron chi connectivity index (χ1n) is 8.00. The van der Waals surface area contributed by atoms with E-state index < -0.39 is 46.8 Å². The molecule has 1 aromatic heterocycles. The highest BCUT2D eigenvalue weighted by molar-refractivity contribution is 7.16. The van der Waals surface area contributed by atoms with Gasteiger partial charge in [-0.25, -0.2) is 22.4 Å². The molecule has 2 aromatic carbocycles. The molecule has 0 saturated heterocycles. The maximum Gasteiger partial charge on any atom is 0.326 e. The molecule has 1 amide bonds. The number of thiazole rings is 1. The minimum Gasteiger partial charge on any atom is -0.480 e. The van der Waals surface area contributed by atoms with Crippen LogP contribution in [0.25, 0.3) is 10.2 Å². The molecule has 1 unspecified atom stereocenters. The zero-order valence-corrected chi connectivity index (χ0v) is 15.1. The lowest BCUT2D eigenvalue weighted by molar-refractivity contribution is -0.140. The normalized spacial score (nSPS) is 13.1. The van der Waals surface area contributed by atoms with E-state index in [9.17, 15) is 32.3 Å². The zero-order valence-electron chi connectivity index (χ0n) is 14.2. The van der Waals surface area contributed by atoms with Gasteiger partial charge in [0, 0.05) is 12.1 Å². The average molecular weight is 412 g/mol. The number of carboxylic acids is 1. The lowest BCUT2D eigenvalue weighted by Crippen LogP contribution is -2.27. The van der Waals surface area contributed by atoms with Crippen molar-refractivity contribution in [1.82, 2.24) is 4.57 Å². The predicted molar refractivity (Wildman–Crippen MR) is 92.9 cm³/mol. The number of carbonyl (C=O) groups excluding carboxylic acids is 1. The van der Waals surface area contributed by atoms with Gasteiger partial charge in [0.2, 0.25) is 0 Å². The summed E-state index contributed by atoms with van der Waals surface area (Å²) in [6.45, 7) is 1.56. The van der Waals surface area contributed by atoms with Crippen LogP contribution >= 0.6 is 11.3 Å². The molecular formula is C18H12F4N2O3S. The van der Waals surface area contributed by atoms with Crippen LogP contribution in [0, 0.1) is 23.3 Å².